The number of carboxylic acids is 1. The Hall–Kier alpha value is -0.850. The van der Waals surface area contributed by atoms with E-state index in [9.17, 15) is 9.59 Å². The standard InChI is InChI=1S/C12H14N2O3S.2ClH/c15-11(14-4-3-8(5-14)12(16)17)9-6-18-10(13-9)7-1-2-7;;/h6-8H,1-5H2,(H,16,17);2*1H. The average Bonchev–Trinajstić information content (AvgIpc) is 2.92. The zero-order valence-corrected chi connectivity index (χ0v) is 13.1. The maximum atomic E-state index is 12.1. The van der Waals surface area contributed by atoms with Crippen molar-refractivity contribution >= 4 is 48.0 Å². The number of carbonyl (C=O) groups excluding carboxylic acids is 1. The second-order valence-electron chi connectivity index (χ2n) is 4.92. The smallest absolute Gasteiger partial charge is 0.308 e. The van der Waals surface area contributed by atoms with Gasteiger partial charge >= 0.3 is 5.97 Å². The first-order valence-corrected chi connectivity index (χ1v) is 7.00. The van der Waals surface area contributed by atoms with Gasteiger partial charge in [0.05, 0.1) is 10.9 Å². The van der Waals surface area contributed by atoms with Gasteiger partial charge in [0.25, 0.3) is 5.91 Å². The number of nitrogens with zero attached hydrogens (tertiary/aromatic N) is 2. The molecule has 1 unspecified atom stereocenters. The van der Waals surface area contributed by atoms with E-state index in [-0.39, 0.29) is 30.7 Å². The zero-order chi connectivity index (χ0) is 12.7. The third-order valence-electron chi connectivity index (χ3n) is 3.49. The quantitative estimate of drug-likeness (QED) is 0.918. The molecule has 1 aromatic rings. The molecule has 1 aromatic heterocycles. The van der Waals surface area contributed by atoms with Gasteiger partial charge in [0, 0.05) is 24.4 Å². The lowest BCUT2D eigenvalue weighted by Gasteiger charge is -2.13. The maximum Gasteiger partial charge on any atom is 0.308 e. The Balaban J connectivity index is 0.000001000. The van der Waals surface area contributed by atoms with Gasteiger partial charge in [0.1, 0.15) is 5.69 Å². The van der Waals surface area contributed by atoms with Gasteiger partial charge in [-0.3, -0.25) is 9.59 Å². The molecule has 0 radical (unpaired) electrons. The van der Waals surface area contributed by atoms with Crippen molar-refractivity contribution in [2.75, 3.05) is 13.1 Å². The summed E-state index contributed by atoms with van der Waals surface area (Å²) in [5.41, 5.74) is 0.480. The molecule has 1 amide bonds. The largest absolute Gasteiger partial charge is 0.481 e. The Bertz CT molecular complexity index is 505. The second-order valence-corrected chi connectivity index (χ2v) is 5.81. The summed E-state index contributed by atoms with van der Waals surface area (Å²) in [6.45, 7) is 0.830. The van der Waals surface area contributed by atoms with E-state index in [0.29, 0.717) is 31.1 Å². The molecular weight excluding hydrogens is 323 g/mol. The van der Waals surface area contributed by atoms with E-state index in [1.54, 1.807) is 10.3 Å². The van der Waals surface area contributed by atoms with Crippen LogP contribution in [-0.4, -0.2) is 40.0 Å². The topological polar surface area (TPSA) is 70.5 Å². The normalized spacial score (nSPS) is 21.0. The Morgan fingerprint density at radius 2 is 2.00 bits per heavy atom. The number of halogens is 2. The van der Waals surface area contributed by atoms with E-state index in [0.717, 1.165) is 5.01 Å². The maximum absolute atomic E-state index is 12.1. The van der Waals surface area contributed by atoms with Gasteiger partial charge in [-0.25, -0.2) is 4.98 Å². The molecule has 3 rings (SSSR count). The Kier molecular flexibility index (Phi) is 5.79. The minimum Gasteiger partial charge on any atom is -0.481 e. The van der Waals surface area contributed by atoms with Crippen LogP contribution < -0.4 is 0 Å². The van der Waals surface area contributed by atoms with Crippen molar-refractivity contribution in [2.24, 2.45) is 5.92 Å². The van der Waals surface area contributed by atoms with Crippen LogP contribution in [0.3, 0.4) is 0 Å². The van der Waals surface area contributed by atoms with Gasteiger partial charge in [-0.1, -0.05) is 0 Å². The van der Waals surface area contributed by atoms with Gasteiger partial charge in [-0.2, -0.15) is 0 Å². The fourth-order valence-electron chi connectivity index (χ4n) is 2.21. The van der Waals surface area contributed by atoms with Gasteiger partial charge in [-0.05, 0) is 19.3 Å². The van der Waals surface area contributed by atoms with Crippen LogP contribution >= 0.6 is 36.2 Å². The summed E-state index contributed by atoms with van der Waals surface area (Å²) >= 11 is 1.54. The van der Waals surface area contributed by atoms with Crippen LogP contribution in [0.2, 0.25) is 0 Å². The predicted octanol–water partition coefficient (Wildman–Crippen LogP) is 2.41. The highest BCUT2D eigenvalue weighted by molar-refractivity contribution is 7.10. The van der Waals surface area contributed by atoms with Crippen LogP contribution in [0.5, 0.6) is 0 Å². The number of likely N-dealkylation sites (tertiary alicyclic amines) is 1. The summed E-state index contributed by atoms with van der Waals surface area (Å²) in [7, 11) is 0. The molecule has 1 N–H and O–H groups in total. The number of aromatic nitrogens is 1. The number of hydrogen-bond acceptors (Lipinski definition) is 4. The molecule has 1 saturated heterocycles. The molecule has 5 nitrogen and oxygen atoms in total. The van der Waals surface area contributed by atoms with Gasteiger partial charge < -0.3 is 10.0 Å². The molecule has 20 heavy (non-hydrogen) atoms. The highest BCUT2D eigenvalue weighted by atomic mass is 35.5. The number of rotatable bonds is 3. The molecule has 1 atom stereocenters. The number of thiazole rings is 1. The first-order valence-electron chi connectivity index (χ1n) is 6.12. The number of carbonyl (C=O) groups is 2. The molecule has 0 spiro atoms. The Labute approximate surface area is 133 Å². The van der Waals surface area contributed by atoms with Crippen molar-refractivity contribution in [3.8, 4) is 0 Å². The number of amides is 1. The van der Waals surface area contributed by atoms with E-state index in [1.165, 1.54) is 24.2 Å². The minimum atomic E-state index is -0.817. The lowest BCUT2D eigenvalue weighted by atomic mass is 10.1. The minimum absolute atomic E-state index is 0. The second kappa shape index (κ2) is 6.74. The van der Waals surface area contributed by atoms with Crippen molar-refractivity contribution in [1.29, 1.82) is 0 Å². The number of aliphatic carboxylic acids is 1. The Morgan fingerprint density at radius 1 is 1.30 bits per heavy atom. The van der Waals surface area contributed by atoms with Crippen molar-refractivity contribution in [3.05, 3.63) is 16.1 Å². The van der Waals surface area contributed by atoms with Crippen LogP contribution in [0.4, 0.5) is 0 Å². The fraction of sp³-hybridized carbons (Fsp3) is 0.583. The van der Waals surface area contributed by atoms with Crippen LogP contribution in [0.25, 0.3) is 0 Å². The number of hydrogen-bond donors (Lipinski definition) is 1. The monoisotopic (exact) mass is 338 g/mol. The third kappa shape index (κ3) is 3.42. The molecule has 112 valence electrons. The van der Waals surface area contributed by atoms with Crippen LogP contribution in [0, 0.1) is 5.92 Å². The van der Waals surface area contributed by atoms with Crippen molar-refractivity contribution < 1.29 is 14.7 Å². The van der Waals surface area contributed by atoms with Crippen LogP contribution in [0.1, 0.15) is 40.7 Å². The molecular formula is C12H16Cl2N2O3S. The van der Waals surface area contributed by atoms with Crippen molar-refractivity contribution in [3.63, 3.8) is 0 Å². The molecule has 0 bridgehead atoms. The molecule has 0 aromatic carbocycles. The highest BCUT2D eigenvalue weighted by Gasteiger charge is 2.33. The van der Waals surface area contributed by atoms with E-state index < -0.39 is 11.9 Å². The molecule has 8 heteroatoms. The first-order chi connectivity index (χ1) is 8.65. The lowest BCUT2D eigenvalue weighted by molar-refractivity contribution is -0.141. The summed E-state index contributed by atoms with van der Waals surface area (Å²) in [6, 6.07) is 0. The van der Waals surface area contributed by atoms with Crippen LogP contribution in [-0.2, 0) is 4.79 Å². The van der Waals surface area contributed by atoms with Crippen molar-refractivity contribution in [2.45, 2.75) is 25.2 Å². The SMILES string of the molecule is Cl.Cl.O=C(O)C1CCN(C(=O)c2csc(C3CC3)n2)C1. The number of carboxylic acid groups (broad SMARTS) is 1. The summed E-state index contributed by atoms with van der Waals surface area (Å²) < 4.78 is 0. The molecule has 2 fully saturated rings. The molecule has 1 saturated carbocycles. The van der Waals surface area contributed by atoms with Crippen LogP contribution in [0.15, 0.2) is 5.38 Å². The van der Waals surface area contributed by atoms with E-state index in [2.05, 4.69) is 4.98 Å². The zero-order valence-electron chi connectivity index (χ0n) is 10.7. The predicted molar refractivity (Wildman–Crippen MR) is 80.2 cm³/mol. The van der Waals surface area contributed by atoms with Gasteiger partial charge in [0.2, 0.25) is 0 Å². The molecule has 1 aliphatic heterocycles. The lowest BCUT2D eigenvalue weighted by Crippen LogP contribution is -2.30. The summed E-state index contributed by atoms with van der Waals surface area (Å²) in [6.07, 6.45) is 2.89. The molecule has 2 heterocycles. The van der Waals surface area contributed by atoms with E-state index in [4.69, 9.17) is 5.11 Å². The third-order valence-corrected chi connectivity index (χ3v) is 4.50. The average molecular weight is 339 g/mol. The highest BCUT2D eigenvalue weighted by Crippen LogP contribution is 2.41. The summed E-state index contributed by atoms with van der Waals surface area (Å²) in [4.78, 5) is 29.0. The van der Waals surface area contributed by atoms with E-state index in [1.807, 2.05) is 0 Å². The molecule has 2 aliphatic rings. The van der Waals surface area contributed by atoms with Gasteiger partial charge in [-0.15, -0.1) is 36.2 Å². The van der Waals surface area contributed by atoms with E-state index >= 15 is 0 Å². The molecule has 1 aliphatic carbocycles. The fourth-order valence-corrected chi connectivity index (χ4v) is 3.18. The van der Waals surface area contributed by atoms with Gasteiger partial charge in [0.15, 0.2) is 0 Å². The Morgan fingerprint density at radius 3 is 2.55 bits per heavy atom. The summed E-state index contributed by atoms with van der Waals surface area (Å²) in [5.74, 6) is -0.804. The summed E-state index contributed by atoms with van der Waals surface area (Å²) in [5, 5.41) is 11.8. The van der Waals surface area contributed by atoms with Crippen molar-refractivity contribution in [1.82, 2.24) is 9.88 Å². The first kappa shape index (κ1) is 17.2.